The second kappa shape index (κ2) is 6.21. The van der Waals surface area contributed by atoms with Crippen LogP contribution in [0.2, 0.25) is 0 Å². The number of ether oxygens (including phenoxy) is 1. The fourth-order valence-electron chi connectivity index (χ4n) is 1.96. The normalized spacial score (nSPS) is 11.8. The van der Waals surface area contributed by atoms with Crippen LogP contribution in [-0.2, 0) is 4.79 Å². The van der Waals surface area contributed by atoms with Crippen LogP contribution in [0.1, 0.15) is 22.8 Å². The number of rotatable bonds is 4. The van der Waals surface area contributed by atoms with Crippen molar-refractivity contribution in [3.05, 3.63) is 65.2 Å². The molecule has 0 bridgehead atoms. The number of amides is 1. The molecule has 20 heavy (non-hydrogen) atoms. The molecule has 0 aromatic heterocycles. The van der Waals surface area contributed by atoms with Crippen LogP contribution in [0.15, 0.2) is 48.5 Å². The number of hydrogen-bond acceptors (Lipinski definition) is 3. The van der Waals surface area contributed by atoms with Crippen LogP contribution in [0.25, 0.3) is 0 Å². The van der Waals surface area contributed by atoms with Gasteiger partial charge in [-0.2, -0.15) is 0 Å². The van der Waals surface area contributed by atoms with Gasteiger partial charge in [-0.05, 0) is 31.0 Å². The minimum absolute atomic E-state index is 0.378. The predicted octanol–water partition coefficient (Wildman–Crippen LogP) is 2.41. The van der Waals surface area contributed by atoms with Crippen LogP contribution >= 0.6 is 0 Å². The lowest BCUT2D eigenvalue weighted by Gasteiger charge is -2.19. The Morgan fingerprint density at radius 2 is 1.80 bits per heavy atom. The smallest absolute Gasteiger partial charge is 0.279 e. The van der Waals surface area contributed by atoms with Crippen molar-refractivity contribution in [1.82, 2.24) is 5.43 Å². The standard InChI is InChI=1S/C16H18N2O2/c1-11-7-6-10-14(12(11)2)20-15(16(19)18-17)13-8-4-3-5-9-13/h3-10,15H,17H2,1-2H3,(H,18,19). The van der Waals surface area contributed by atoms with Crippen LogP contribution in [0.5, 0.6) is 5.75 Å². The van der Waals surface area contributed by atoms with Gasteiger partial charge < -0.3 is 4.74 Å². The van der Waals surface area contributed by atoms with E-state index in [0.29, 0.717) is 5.75 Å². The molecule has 2 rings (SSSR count). The molecule has 4 heteroatoms. The Kier molecular flexibility index (Phi) is 4.38. The van der Waals surface area contributed by atoms with E-state index in [1.165, 1.54) is 0 Å². The van der Waals surface area contributed by atoms with E-state index < -0.39 is 6.10 Å². The molecule has 1 atom stereocenters. The average Bonchev–Trinajstić information content (AvgIpc) is 2.49. The summed E-state index contributed by atoms with van der Waals surface area (Å²) in [6, 6.07) is 15.0. The van der Waals surface area contributed by atoms with E-state index in [2.05, 4.69) is 5.43 Å². The van der Waals surface area contributed by atoms with Crippen molar-refractivity contribution in [3.63, 3.8) is 0 Å². The Balaban J connectivity index is 2.34. The molecule has 1 unspecified atom stereocenters. The molecule has 0 aliphatic carbocycles. The first-order chi connectivity index (χ1) is 9.63. The van der Waals surface area contributed by atoms with Crippen LogP contribution in [0.3, 0.4) is 0 Å². The van der Waals surface area contributed by atoms with E-state index in [0.717, 1.165) is 16.7 Å². The zero-order valence-corrected chi connectivity index (χ0v) is 11.6. The van der Waals surface area contributed by atoms with Gasteiger partial charge in [-0.1, -0.05) is 42.5 Å². The predicted molar refractivity (Wildman–Crippen MR) is 78.1 cm³/mol. The van der Waals surface area contributed by atoms with Crippen molar-refractivity contribution < 1.29 is 9.53 Å². The SMILES string of the molecule is Cc1cccc(OC(C(=O)NN)c2ccccc2)c1C. The van der Waals surface area contributed by atoms with Crippen LogP contribution in [0.4, 0.5) is 0 Å². The zero-order chi connectivity index (χ0) is 14.5. The summed E-state index contributed by atoms with van der Waals surface area (Å²) < 4.78 is 5.87. The lowest BCUT2D eigenvalue weighted by Crippen LogP contribution is -2.37. The number of nitrogens with one attached hydrogen (secondary N) is 1. The monoisotopic (exact) mass is 270 g/mol. The summed E-state index contributed by atoms with van der Waals surface area (Å²) in [7, 11) is 0. The van der Waals surface area contributed by atoms with Gasteiger partial charge in [0.05, 0.1) is 0 Å². The molecule has 104 valence electrons. The maximum Gasteiger partial charge on any atom is 0.279 e. The maximum absolute atomic E-state index is 12.0. The summed E-state index contributed by atoms with van der Waals surface area (Å²) in [6.07, 6.45) is -0.762. The van der Waals surface area contributed by atoms with Crippen molar-refractivity contribution in [2.45, 2.75) is 20.0 Å². The number of carbonyl (C=O) groups is 1. The molecule has 2 aromatic carbocycles. The van der Waals surface area contributed by atoms with E-state index in [9.17, 15) is 4.79 Å². The largest absolute Gasteiger partial charge is 0.475 e. The fraction of sp³-hybridized carbons (Fsp3) is 0.188. The van der Waals surface area contributed by atoms with Gasteiger partial charge >= 0.3 is 0 Å². The maximum atomic E-state index is 12.0. The van der Waals surface area contributed by atoms with Gasteiger partial charge in [0.25, 0.3) is 5.91 Å². The second-order valence-electron chi connectivity index (χ2n) is 4.62. The quantitative estimate of drug-likeness (QED) is 0.509. The van der Waals surface area contributed by atoms with Gasteiger partial charge in [-0.3, -0.25) is 10.2 Å². The lowest BCUT2D eigenvalue weighted by molar-refractivity contribution is -0.128. The summed E-state index contributed by atoms with van der Waals surface area (Å²) in [6.45, 7) is 3.97. The van der Waals surface area contributed by atoms with Crippen LogP contribution in [-0.4, -0.2) is 5.91 Å². The Bertz CT molecular complexity index is 597. The third-order valence-corrected chi connectivity index (χ3v) is 3.28. The first kappa shape index (κ1) is 14.1. The van der Waals surface area contributed by atoms with Crippen molar-refractivity contribution in [2.24, 2.45) is 5.84 Å². The minimum atomic E-state index is -0.762. The zero-order valence-electron chi connectivity index (χ0n) is 11.6. The molecule has 4 nitrogen and oxygen atoms in total. The van der Waals surface area contributed by atoms with E-state index in [1.807, 2.05) is 62.4 Å². The van der Waals surface area contributed by atoms with E-state index >= 15 is 0 Å². The van der Waals surface area contributed by atoms with Gasteiger partial charge in [-0.25, -0.2) is 5.84 Å². The second-order valence-corrected chi connectivity index (χ2v) is 4.62. The molecular weight excluding hydrogens is 252 g/mol. The third-order valence-electron chi connectivity index (χ3n) is 3.28. The summed E-state index contributed by atoms with van der Waals surface area (Å²) in [5.74, 6) is 5.56. The molecule has 0 radical (unpaired) electrons. The molecule has 0 spiro atoms. The van der Waals surface area contributed by atoms with E-state index in [4.69, 9.17) is 10.6 Å². The highest BCUT2D eigenvalue weighted by Crippen LogP contribution is 2.27. The molecule has 0 fully saturated rings. The molecule has 2 aromatic rings. The minimum Gasteiger partial charge on any atom is -0.475 e. The van der Waals surface area contributed by atoms with Crippen molar-refractivity contribution in [2.75, 3.05) is 0 Å². The molecule has 0 saturated heterocycles. The molecule has 0 heterocycles. The Hall–Kier alpha value is -2.33. The number of aryl methyl sites for hydroxylation is 1. The Morgan fingerprint density at radius 3 is 2.45 bits per heavy atom. The number of hydrazine groups is 1. The summed E-state index contributed by atoms with van der Waals surface area (Å²) >= 11 is 0. The van der Waals surface area contributed by atoms with E-state index in [1.54, 1.807) is 0 Å². The highest BCUT2D eigenvalue weighted by Gasteiger charge is 2.22. The highest BCUT2D eigenvalue weighted by atomic mass is 16.5. The van der Waals surface area contributed by atoms with Crippen molar-refractivity contribution in [1.29, 1.82) is 0 Å². The summed E-state index contributed by atoms with van der Waals surface area (Å²) in [5, 5.41) is 0. The number of hydrogen-bond donors (Lipinski definition) is 2. The summed E-state index contributed by atoms with van der Waals surface area (Å²) in [5.41, 5.74) is 5.04. The Labute approximate surface area is 118 Å². The van der Waals surface area contributed by atoms with Crippen molar-refractivity contribution in [3.8, 4) is 5.75 Å². The first-order valence-corrected chi connectivity index (χ1v) is 6.41. The van der Waals surface area contributed by atoms with Crippen LogP contribution in [0, 0.1) is 13.8 Å². The fourth-order valence-corrected chi connectivity index (χ4v) is 1.96. The third kappa shape index (κ3) is 2.97. The van der Waals surface area contributed by atoms with Crippen LogP contribution < -0.4 is 16.0 Å². The number of benzene rings is 2. The topological polar surface area (TPSA) is 64.3 Å². The van der Waals surface area contributed by atoms with Crippen molar-refractivity contribution >= 4 is 5.91 Å². The van der Waals surface area contributed by atoms with Gasteiger partial charge in [0, 0.05) is 5.56 Å². The first-order valence-electron chi connectivity index (χ1n) is 6.41. The van der Waals surface area contributed by atoms with Gasteiger partial charge in [0.15, 0.2) is 0 Å². The molecular formula is C16H18N2O2. The number of carbonyl (C=O) groups excluding carboxylic acids is 1. The van der Waals surface area contributed by atoms with Gasteiger partial charge in [-0.15, -0.1) is 0 Å². The molecule has 3 N–H and O–H groups in total. The number of nitrogens with two attached hydrogens (primary N) is 1. The average molecular weight is 270 g/mol. The van der Waals surface area contributed by atoms with Gasteiger partial charge in [0.1, 0.15) is 5.75 Å². The Morgan fingerprint density at radius 1 is 1.10 bits per heavy atom. The van der Waals surface area contributed by atoms with E-state index in [-0.39, 0.29) is 5.91 Å². The van der Waals surface area contributed by atoms with Gasteiger partial charge in [0.2, 0.25) is 6.10 Å². The summed E-state index contributed by atoms with van der Waals surface area (Å²) in [4.78, 5) is 12.0. The molecule has 0 aliphatic rings. The molecule has 1 amide bonds. The molecule has 0 saturated carbocycles. The molecule has 0 aliphatic heterocycles. The highest BCUT2D eigenvalue weighted by molar-refractivity contribution is 5.82. The lowest BCUT2D eigenvalue weighted by atomic mass is 10.1.